The van der Waals surface area contributed by atoms with Crippen LogP contribution in [0.5, 0.6) is 0 Å². The third kappa shape index (κ3) is 3.34. The maximum absolute atomic E-state index is 12.1. The van der Waals surface area contributed by atoms with Gasteiger partial charge in [0.05, 0.1) is 6.54 Å². The quantitative estimate of drug-likeness (QED) is 0.848. The molecule has 2 heterocycles. The normalized spacial score (nSPS) is 14.6. The van der Waals surface area contributed by atoms with E-state index in [2.05, 4.69) is 15.2 Å². The molecule has 1 aromatic rings. The van der Waals surface area contributed by atoms with Crippen LogP contribution in [0.4, 0.5) is 0 Å². The van der Waals surface area contributed by atoms with Gasteiger partial charge in [0, 0.05) is 26.6 Å². The lowest BCUT2D eigenvalue weighted by Crippen LogP contribution is -2.40. The number of likely N-dealkylation sites (tertiary alicyclic amines) is 1. The van der Waals surface area contributed by atoms with E-state index in [1.807, 2.05) is 6.92 Å². The van der Waals surface area contributed by atoms with Crippen LogP contribution in [0.15, 0.2) is 0 Å². The predicted molar refractivity (Wildman–Crippen MR) is 73.2 cm³/mol. The lowest BCUT2D eigenvalue weighted by Gasteiger charge is -2.20. The first-order valence-corrected chi connectivity index (χ1v) is 7.06. The summed E-state index contributed by atoms with van der Waals surface area (Å²) in [7, 11) is 1.60. The second-order valence-corrected chi connectivity index (χ2v) is 5.10. The van der Waals surface area contributed by atoms with Crippen LogP contribution in [-0.2, 0) is 11.2 Å². The van der Waals surface area contributed by atoms with E-state index in [0.29, 0.717) is 5.82 Å². The summed E-state index contributed by atoms with van der Waals surface area (Å²) >= 11 is 0. The zero-order chi connectivity index (χ0) is 14.5. The van der Waals surface area contributed by atoms with Crippen molar-refractivity contribution in [2.24, 2.45) is 0 Å². The average Bonchev–Trinajstić information content (AvgIpc) is 3.09. The lowest BCUT2D eigenvalue weighted by molar-refractivity contribution is -0.130. The number of carbonyl (C=O) groups excluding carboxylic acids is 2. The Kier molecular flexibility index (Phi) is 4.70. The number of H-pyrrole nitrogens is 1. The van der Waals surface area contributed by atoms with Crippen molar-refractivity contribution in [2.45, 2.75) is 32.6 Å². The second kappa shape index (κ2) is 6.49. The van der Waals surface area contributed by atoms with Gasteiger partial charge in [0.15, 0.2) is 0 Å². The molecule has 2 rings (SSSR count). The van der Waals surface area contributed by atoms with Gasteiger partial charge in [-0.2, -0.15) is 0 Å². The molecule has 1 aliphatic heterocycles. The van der Waals surface area contributed by atoms with E-state index in [0.717, 1.165) is 38.8 Å². The molecular weight excluding hydrogens is 258 g/mol. The number of aromatic amines is 1. The molecule has 7 heteroatoms. The summed E-state index contributed by atoms with van der Waals surface area (Å²) in [5, 5.41) is 6.66. The standard InChI is InChI=1S/C13H21N5O2/c1-3-6-10-14-12(16-15-10)13(20)17(2)9-11(19)18-7-4-5-8-18/h3-9H2,1-2H3,(H,14,15,16). The summed E-state index contributed by atoms with van der Waals surface area (Å²) in [5.74, 6) is 0.499. The smallest absolute Gasteiger partial charge is 0.293 e. The van der Waals surface area contributed by atoms with Crippen LogP contribution in [0.1, 0.15) is 42.6 Å². The lowest BCUT2D eigenvalue weighted by atomic mass is 10.3. The SMILES string of the molecule is CCCc1nc(C(=O)N(C)CC(=O)N2CCCC2)n[nH]1. The molecule has 0 spiro atoms. The molecule has 1 aromatic heterocycles. The van der Waals surface area contributed by atoms with E-state index in [4.69, 9.17) is 0 Å². The topological polar surface area (TPSA) is 82.2 Å². The molecule has 1 saturated heterocycles. The van der Waals surface area contributed by atoms with Crippen molar-refractivity contribution in [1.82, 2.24) is 25.0 Å². The molecule has 0 radical (unpaired) electrons. The number of nitrogens with zero attached hydrogens (tertiary/aromatic N) is 4. The minimum Gasteiger partial charge on any atom is -0.341 e. The van der Waals surface area contributed by atoms with E-state index >= 15 is 0 Å². The van der Waals surface area contributed by atoms with Gasteiger partial charge in [-0.05, 0) is 19.3 Å². The Bertz CT molecular complexity index is 479. The minimum atomic E-state index is -0.323. The number of amides is 2. The fourth-order valence-corrected chi connectivity index (χ4v) is 2.25. The van der Waals surface area contributed by atoms with E-state index in [-0.39, 0.29) is 24.2 Å². The number of aromatic nitrogens is 3. The number of aryl methyl sites for hydroxylation is 1. The number of hydrogen-bond acceptors (Lipinski definition) is 4. The van der Waals surface area contributed by atoms with Gasteiger partial charge in [0.2, 0.25) is 11.7 Å². The highest BCUT2D eigenvalue weighted by molar-refractivity contribution is 5.93. The van der Waals surface area contributed by atoms with Gasteiger partial charge in [-0.25, -0.2) is 4.98 Å². The Labute approximate surface area is 118 Å². The molecule has 0 aliphatic carbocycles. The molecule has 0 saturated carbocycles. The molecule has 0 bridgehead atoms. The zero-order valence-corrected chi connectivity index (χ0v) is 12.1. The molecule has 0 aromatic carbocycles. The Morgan fingerprint density at radius 3 is 2.70 bits per heavy atom. The second-order valence-electron chi connectivity index (χ2n) is 5.10. The van der Waals surface area contributed by atoms with Gasteiger partial charge in [-0.1, -0.05) is 6.92 Å². The summed E-state index contributed by atoms with van der Waals surface area (Å²) < 4.78 is 0. The van der Waals surface area contributed by atoms with Crippen LogP contribution in [0.25, 0.3) is 0 Å². The average molecular weight is 279 g/mol. The minimum absolute atomic E-state index is 0.0114. The first-order chi connectivity index (χ1) is 9.61. The van der Waals surface area contributed by atoms with Crippen LogP contribution in [0.2, 0.25) is 0 Å². The number of rotatable bonds is 5. The van der Waals surface area contributed by atoms with Gasteiger partial charge in [-0.3, -0.25) is 14.7 Å². The van der Waals surface area contributed by atoms with Crippen LogP contribution in [0.3, 0.4) is 0 Å². The molecule has 0 unspecified atom stereocenters. The maximum atomic E-state index is 12.1. The molecule has 1 aliphatic rings. The maximum Gasteiger partial charge on any atom is 0.293 e. The van der Waals surface area contributed by atoms with Crippen LogP contribution in [0, 0.1) is 0 Å². The Hall–Kier alpha value is -1.92. The zero-order valence-electron chi connectivity index (χ0n) is 12.1. The number of likely N-dealkylation sites (N-methyl/N-ethyl adjacent to an activating group) is 1. The molecule has 0 atom stereocenters. The fraction of sp³-hybridized carbons (Fsp3) is 0.692. The van der Waals surface area contributed by atoms with Crippen molar-refractivity contribution in [1.29, 1.82) is 0 Å². The molecule has 1 N–H and O–H groups in total. The Morgan fingerprint density at radius 1 is 1.35 bits per heavy atom. The van der Waals surface area contributed by atoms with Gasteiger partial charge >= 0.3 is 0 Å². The highest BCUT2D eigenvalue weighted by Gasteiger charge is 2.23. The first-order valence-electron chi connectivity index (χ1n) is 7.06. The highest BCUT2D eigenvalue weighted by atomic mass is 16.2. The largest absolute Gasteiger partial charge is 0.341 e. The van der Waals surface area contributed by atoms with Crippen molar-refractivity contribution >= 4 is 11.8 Å². The van der Waals surface area contributed by atoms with Gasteiger partial charge in [0.1, 0.15) is 5.82 Å². The van der Waals surface area contributed by atoms with E-state index in [1.165, 1.54) is 4.90 Å². The summed E-state index contributed by atoms with van der Waals surface area (Å²) in [4.78, 5) is 31.4. The van der Waals surface area contributed by atoms with Crippen LogP contribution < -0.4 is 0 Å². The third-order valence-electron chi connectivity index (χ3n) is 3.39. The van der Waals surface area contributed by atoms with Crippen LogP contribution >= 0.6 is 0 Å². The van der Waals surface area contributed by atoms with E-state index in [1.54, 1.807) is 11.9 Å². The molecule has 1 fully saturated rings. The molecule has 20 heavy (non-hydrogen) atoms. The van der Waals surface area contributed by atoms with Crippen molar-refractivity contribution in [3.63, 3.8) is 0 Å². The molecule has 2 amide bonds. The summed E-state index contributed by atoms with van der Waals surface area (Å²) in [6, 6.07) is 0. The third-order valence-corrected chi connectivity index (χ3v) is 3.39. The van der Waals surface area contributed by atoms with E-state index < -0.39 is 0 Å². The monoisotopic (exact) mass is 279 g/mol. The first kappa shape index (κ1) is 14.5. The Balaban J connectivity index is 1.91. The van der Waals surface area contributed by atoms with E-state index in [9.17, 15) is 9.59 Å². The molecule has 110 valence electrons. The van der Waals surface area contributed by atoms with Gasteiger partial charge in [-0.15, -0.1) is 5.10 Å². The van der Waals surface area contributed by atoms with Gasteiger partial charge < -0.3 is 9.80 Å². The summed E-state index contributed by atoms with van der Waals surface area (Å²) in [6.07, 6.45) is 3.79. The number of nitrogens with one attached hydrogen (secondary N) is 1. The summed E-state index contributed by atoms with van der Waals surface area (Å²) in [6.45, 7) is 3.70. The summed E-state index contributed by atoms with van der Waals surface area (Å²) in [5.41, 5.74) is 0. The van der Waals surface area contributed by atoms with Crippen molar-refractivity contribution < 1.29 is 9.59 Å². The van der Waals surface area contributed by atoms with Crippen LogP contribution in [-0.4, -0.2) is 63.5 Å². The van der Waals surface area contributed by atoms with Crippen molar-refractivity contribution in [2.75, 3.05) is 26.7 Å². The molecular formula is C13H21N5O2. The highest BCUT2D eigenvalue weighted by Crippen LogP contribution is 2.08. The number of carbonyl (C=O) groups is 2. The Morgan fingerprint density at radius 2 is 2.05 bits per heavy atom. The fourth-order valence-electron chi connectivity index (χ4n) is 2.25. The van der Waals surface area contributed by atoms with Gasteiger partial charge in [0.25, 0.3) is 5.91 Å². The predicted octanol–water partition coefficient (Wildman–Crippen LogP) is 0.452. The van der Waals surface area contributed by atoms with Crippen molar-refractivity contribution in [3.8, 4) is 0 Å². The number of hydrogen-bond donors (Lipinski definition) is 1. The molecule has 7 nitrogen and oxygen atoms in total. The van der Waals surface area contributed by atoms with Crippen molar-refractivity contribution in [3.05, 3.63) is 11.6 Å².